The summed E-state index contributed by atoms with van der Waals surface area (Å²) >= 11 is 0. The van der Waals surface area contributed by atoms with Crippen molar-refractivity contribution in [2.75, 3.05) is 24.3 Å². The maximum atomic E-state index is 12.7. The monoisotopic (exact) mass is 364 g/mol. The van der Waals surface area contributed by atoms with E-state index in [-0.39, 0.29) is 11.4 Å². The van der Waals surface area contributed by atoms with Gasteiger partial charge in [0.2, 0.25) is 5.95 Å². The van der Waals surface area contributed by atoms with E-state index in [2.05, 4.69) is 20.4 Å². The number of carbonyl (C=O) groups is 1. The summed E-state index contributed by atoms with van der Waals surface area (Å²) in [5, 5.41) is 7.43. The van der Waals surface area contributed by atoms with Gasteiger partial charge in [0.25, 0.3) is 5.91 Å². The number of carbonyl (C=O) groups excluding carboxylic acids is 1. The molecule has 0 spiro atoms. The zero-order valence-electron chi connectivity index (χ0n) is 16.3. The zero-order chi connectivity index (χ0) is 19.6. The van der Waals surface area contributed by atoms with Crippen molar-refractivity contribution >= 4 is 17.5 Å². The third kappa shape index (κ3) is 4.13. The number of hydrogen-bond acceptors (Lipinski definition) is 5. The number of aromatic nitrogens is 4. The minimum Gasteiger partial charge on any atom is -0.347 e. The molecule has 1 N–H and O–H groups in total. The third-order valence-corrected chi connectivity index (χ3v) is 3.91. The van der Waals surface area contributed by atoms with Crippen LogP contribution in [0.4, 0.5) is 11.6 Å². The van der Waals surface area contributed by atoms with Crippen LogP contribution in [-0.4, -0.2) is 39.8 Å². The summed E-state index contributed by atoms with van der Waals surface area (Å²) in [6, 6.07) is 12.9. The number of hydrogen-bond donors (Lipinski definition) is 1. The van der Waals surface area contributed by atoms with Crippen LogP contribution < -0.4 is 10.2 Å². The quantitative estimate of drug-likeness (QED) is 0.768. The summed E-state index contributed by atoms with van der Waals surface area (Å²) in [5.74, 6) is 0.344. The number of anilines is 2. The summed E-state index contributed by atoms with van der Waals surface area (Å²) in [4.78, 5) is 23.4. The van der Waals surface area contributed by atoms with Crippen LogP contribution in [0.25, 0.3) is 11.4 Å². The van der Waals surface area contributed by atoms with Gasteiger partial charge in [0.1, 0.15) is 0 Å². The molecule has 140 valence electrons. The molecule has 3 rings (SSSR count). The Hall–Kier alpha value is -3.22. The van der Waals surface area contributed by atoms with Crippen molar-refractivity contribution in [3.05, 3.63) is 54.4 Å². The van der Waals surface area contributed by atoms with Crippen molar-refractivity contribution in [1.29, 1.82) is 0 Å². The number of amides is 1. The molecule has 7 nitrogen and oxygen atoms in total. The molecule has 2 aromatic heterocycles. The second-order valence-electron chi connectivity index (χ2n) is 7.45. The Kier molecular flexibility index (Phi) is 4.94. The number of nitrogens with zero attached hydrogens (tertiary/aromatic N) is 5. The van der Waals surface area contributed by atoms with Crippen LogP contribution >= 0.6 is 0 Å². The molecule has 0 fully saturated rings. The second-order valence-corrected chi connectivity index (χ2v) is 7.45. The lowest BCUT2D eigenvalue weighted by Crippen LogP contribution is -2.25. The first-order valence-electron chi connectivity index (χ1n) is 8.73. The Bertz CT molecular complexity index is 941. The highest BCUT2D eigenvalue weighted by atomic mass is 16.2. The molecule has 2 heterocycles. The summed E-state index contributed by atoms with van der Waals surface area (Å²) in [7, 11) is 3.78. The van der Waals surface area contributed by atoms with Crippen LogP contribution in [0.2, 0.25) is 0 Å². The minimum atomic E-state index is -0.316. The molecule has 0 unspecified atom stereocenters. The van der Waals surface area contributed by atoms with Crippen LogP contribution in [0, 0.1) is 0 Å². The van der Waals surface area contributed by atoms with Crippen LogP contribution in [0.1, 0.15) is 31.3 Å². The lowest BCUT2D eigenvalue weighted by Gasteiger charge is -2.22. The van der Waals surface area contributed by atoms with E-state index in [1.165, 1.54) is 0 Å². The van der Waals surface area contributed by atoms with E-state index >= 15 is 0 Å². The Balaban J connectivity index is 2.01. The van der Waals surface area contributed by atoms with Crippen molar-refractivity contribution in [1.82, 2.24) is 19.7 Å². The van der Waals surface area contributed by atoms with Crippen LogP contribution in [0.5, 0.6) is 0 Å². The maximum Gasteiger partial charge on any atom is 0.276 e. The van der Waals surface area contributed by atoms with E-state index in [0.717, 1.165) is 17.1 Å². The summed E-state index contributed by atoms with van der Waals surface area (Å²) in [6.07, 6.45) is 1.71. The van der Waals surface area contributed by atoms with Crippen LogP contribution in [0.15, 0.2) is 48.7 Å². The molecule has 7 heteroatoms. The first-order chi connectivity index (χ1) is 12.8. The molecule has 1 aromatic carbocycles. The number of nitrogens with one attached hydrogen (secondary N) is 1. The van der Waals surface area contributed by atoms with Gasteiger partial charge in [-0.25, -0.2) is 9.97 Å². The topological polar surface area (TPSA) is 75.9 Å². The van der Waals surface area contributed by atoms with Gasteiger partial charge in [0.05, 0.1) is 16.9 Å². The maximum absolute atomic E-state index is 12.7. The first-order valence-corrected chi connectivity index (χ1v) is 8.73. The fraction of sp³-hybridized carbons (Fsp3) is 0.300. The molecular weight excluding hydrogens is 340 g/mol. The van der Waals surface area contributed by atoms with Gasteiger partial charge >= 0.3 is 0 Å². The molecule has 0 radical (unpaired) electrons. The van der Waals surface area contributed by atoms with Crippen molar-refractivity contribution in [2.45, 2.75) is 26.3 Å². The van der Waals surface area contributed by atoms with Gasteiger partial charge in [-0.15, -0.1) is 0 Å². The van der Waals surface area contributed by atoms with Gasteiger partial charge in [0.15, 0.2) is 5.69 Å². The third-order valence-electron chi connectivity index (χ3n) is 3.91. The Morgan fingerprint density at radius 1 is 1.11 bits per heavy atom. The van der Waals surface area contributed by atoms with E-state index in [1.807, 2.05) is 80.8 Å². The lowest BCUT2D eigenvalue weighted by molar-refractivity contribution is 0.102. The first kappa shape index (κ1) is 18.6. The normalized spacial score (nSPS) is 11.3. The molecule has 0 saturated heterocycles. The Labute approximate surface area is 159 Å². The average Bonchev–Trinajstić information content (AvgIpc) is 3.09. The van der Waals surface area contributed by atoms with E-state index in [0.29, 0.717) is 11.6 Å². The molecule has 27 heavy (non-hydrogen) atoms. The van der Waals surface area contributed by atoms with Crippen molar-refractivity contribution < 1.29 is 4.79 Å². The number of benzene rings is 1. The standard InChI is InChI=1S/C20H24N6O/c1-20(2,3)26-17(15-11-12-21-19(23-15)25(4)5)13-16(24-26)18(27)22-14-9-7-6-8-10-14/h6-13H,1-5H3,(H,22,27). The number of para-hydroxylation sites is 1. The van der Waals surface area contributed by atoms with Crippen LogP contribution in [0.3, 0.4) is 0 Å². The molecule has 0 saturated carbocycles. The van der Waals surface area contributed by atoms with Gasteiger partial charge in [-0.1, -0.05) is 18.2 Å². The summed E-state index contributed by atoms with van der Waals surface area (Å²) < 4.78 is 1.83. The molecule has 0 aliphatic heterocycles. The largest absolute Gasteiger partial charge is 0.347 e. The highest BCUT2D eigenvalue weighted by Gasteiger charge is 2.24. The molecule has 0 atom stereocenters. The van der Waals surface area contributed by atoms with E-state index in [4.69, 9.17) is 0 Å². The molecule has 0 bridgehead atoms. The molecular formula is C20H24N6O. The van der Waals surface area contributed by atoms with Crippen molar-refractivity contribution in [3.63, 3.8) is 0 Å². The fourth-order valence-corrected chi connectivity index (χ4v) is 2.61. The molecule has 0 aliphatic rings. The fourth-order valence-electron chi connectivity index (χ4n) is 2.61. The lowest BCUT2D eigenvalue weighted by atomic mass is 10.1. The second kappa shape index (κ2) is 7.19. The van der Waals surface area contributed by atoms with Gasteiger partial charge < -0.3 is 10.2 Å². The predicted octanol–water partition coefficient (Wildman–Crippen LogP) is 3.41. The highest BCUT2D eigenvalue weighted by Crippen LogP contribution is 2.26. The predicted molar refractivity (Wildman–Crippen MR) is 107 cm³/mol. The Morgan fingerprint density at radius 2 is 1.81 bits per heavy atom. The van der Waals surface area contributed by atoms with Gasteiger partial charge in [-0.2, -0.15) is 5.10 Å². The summed E-state index contributed by atoms with van der Waals surface area (Å²) in [6.45, 7) is 6.11. The average molecular weight is 364 g/mol. The van der Waals surface area contributed by atoms with Crippen molar-refractivity contribution in [2.24, 2.45) is 0 Å². The van der Waals surface area contributed by atoms with E-state index in [1.54, 1.807) is 12.3 Å². The smallest absolute Gasteiger partial charge is 0.276 e. The number of rotatable bonds is 4. The van der Waals surface area contributed by atoms with Crippen LogP contribution in [-0.2, 0) is 5.54 Å². The van der Waals surface area contributed by atoms with Gasteiger partial charge in [-0.05, 0) is 45.0 Å². The summed E-state index contributed by atoms with van der Waals surface area (Å²) in [5.41, 5.74) is 2.24. The van der Waals surface area contributed by atoms with E-state index < -0.39 is 0 Å². The molecule has 0 aliphatic carbocycles. The molecule has 1 amide bonds. The minimum absolute atomic E-state index is 0.257. The highest BCUT2D eigenvalue weighted by molar-refractivity contribution is 6.03. The van der Waals surface area contributed by atoms with Gasteiger partial charge in [-0.3, -0.25) is 9.48 Å². The zero-order valence-corrected chi connectivity index (χ0v) is 16.3. The molecule has 3 aromatic rings. The SMILES string of the molecule is CN(C)c1nccc(-c2cc(C(=O)Nc3ccccc3)nn2C(C)(C)C)n1. The van der Waals surface area contributed by atoms with Crippen molar-refractivity contribution in [3.8, 4) is 11.4 Å². The Morgan fingerprint density at radius 3 is 2.44 bits per heavy atom. The van der Waals surface area contributed by atoms with E-state index in [9.17, 15) is 4.79 Å². The van der Waals surface area contributed by atoms with Gasteiger partial charge in [0, 0.05) is 26.0 Å².